The zero-order valence-corrected chi connectivity index (χ0v) is 13.0. The van der Waals surface area contributed by atoms with Gasteiger partial charge in [-0.15, -0.1) is 0 Å². The first-order valence-electron chi connectivity index (χ1n) is 7.71. The molecular formula is C16H27N3O. The Balaban J connectivity index is 2.86. The van der Waals surface area contributed by atoms with Gasteiger partial charge in [-0.1, -0.05) is 26.7 Å². The van der Waals surface area contributed by atoms with Crippen LogP contribution < -0.4 is 5.32 Å². The smallest absolute Gasteiger partial charge is 0.257 e. The maximum atomic E-state index is 12.7. The number of amides is 1. The highest BCUT2D eigenvalue weighted by Gasteiger charge is 2.18. The van der Waals surface area contributed by atoms with Gasteiger partial charge in [0.15, 0.2) is 0 Å². The fraction of sp³-hybridized carbons (Fsp3) is 0.625. The van der Waals surface area contributed by atoms with Crippen LogP contribution >= 0.6 is 0 Å². The first kappa shape index (κ1) is 16.5. The van der Waals surface area contributed by atoms with Crippen LogP contribution in [0.4, 0.5) is 5.69 Å². The molecule has 0 aromatic carbocycles. The summed E-state index contributed by atoms with van der Waals surface area (Å²) in [6.07, 6.45) is 7.69. The number of carbonyl (C=O) groups is 1. The molecule has 0 spiro atoms. The number of rotatable bonds is 9. The van der Waals surface area contributed by atoms with Gasteiger partial charge in [0, 0.05) is 32.0 Å². The molecule has 0 unspecified atom stereocenters. The minimum absolute atomic E-state index is 0.0935. The Morgan fingerprint density at radius 2 is 1.85 bits per heavy atom. The minimum atomic E-state index is 0.0935. The predicted molar refractivity (Wildman–Crippen MR) is 84.1 cm³/mol. The van der Waals surface area contributed by atoms with Crippen molar-refractivity contribution in [3.05, 3.63) is 24.0 Å². The number of anilines is 1. The van der Waals surface area contributed by atoms with Crippen molar-refractivity contribution in [1.29, 1.82) is 0 Å². The van der Waals surface area contributed by atoms with Crippen LogP contribution in [-0.2, 0) is 0 Å². The van der Waals surface area contributed by atoms with Crippen LogP contribution in [0.25, 0.3) is 0 Å². The molecule has 0 radical (unpaired) electrons. The summed E-state index contributed by atoms with van der Waals surface area (Å²) in [5.74, 6) is 0.0935. The summed E-state index contributed by atoms with van der Waals surface area (Å²) in [5, 5.41) is 3.24. The number of hydrogen-bond donors (Lipinski definition) is 1. The summed E-state index contributed by atoms with van der Waals surface area (Å²) in [6, 6.07) is 1.87. The lowest BCUT2D eigenvalue weighted by atomic mass is 10.1. The second-order valence-electron chi connectivity index (χ2n) is 4.95. The molecule has 4 heteroatoms. The van der Waals surface area contributed by atoms with Crippen LogP contribution in [-0.4, -0.2) is 35.4 Å². The zero-order valence-electron chi connectivity index (χ0n) is 13.0. The van der Waals surface area contributed by atoms with Gasteiger partial charge in [-0.2, -0.15) is 0 Å². The molecule has 1 N–H and O–H groups in total. The molecule has 1 heterocycles. The number of unbranched alkanes of at least 4 members (excludes halogenated alkanes) is 2. The third kappa shape index (κ3) is 4.83. The number of carbonyl (C=O) groups excluding carboxylic acids is 1. The van der Waals surface area contributed by atoms with Crippen molar-refractivity contribution in [2.75, 3.05) is 25.0 Å². The van der Waals surface area contributed by atoms with E-state index < -0.39 is 0 Å². The molecule has 0 fully saturated rings. The van der Waals surface area contributed by atoms with E-state index in [4.69, 9.17) is 0 Å². The fourth-order valence-corrected chi connectivity index (χ4v) is 2.09. The van der Waals surface area contributed by atoms with E-state index in [9.17, 15) is 4.79 Å². The fourth-order valence-electron chi connectivity index (χ4n) is 2.09. The van der Waals surface area contributed by atoms with E-state index in [2.05, 4.69) is 24.1 Å². The lowest BCUT2D eigenvalue weighted by Crippen LogP contribution is -2.33. The second-order valence-corrected chi connectivity index (χ2v) is 4.95. The number of pyridine rings is 1. The third-order valence-corrected chi connectivity index (χ3v) is 3.27. The van der Waals surface area contributed by atoms with E-state index in [0.29, 0.717) is 5.56 Å². The third-order valence-electron chi connectivity index (χ3n) is 3.27. The Morgan fingerprint density at radius 3 is 2.40 bits per heavy atom. The van der Waals surface area contributed by atoms with Gasteiger partial charge in [0.05, 0.1) is 11.3 Å². The van der Waals surface area contributed by atoms with Crippen LogP contribution in [0.5, 0.6) is 0 Å². The van der Waals surface area contributed by atoms with E-state index in [0.717, 1.165) is 51.0 Å². The van der Waals surface area contributed by atoms with Crippen molar-refractivity contribution >= 4 is 11.6 Å². The Labute approximate surface area is 122 Å². The van der Waals surface area contributed by atoms with Gasteiger partial charge in [0.25, 0.3) is 5.91 Å². The van der Waals surface area contributed by atoms with Gasteiger partial charge in [-0.25, -0.2) is 0 Å². The summed E-state index contributed by atoms with van der Waals surface area (Å²) < 4.78 is 0. The zero-order chi connectivity index (χ0) is 14.8. The summed E-state index contributed by atoms with van der Waals surface area (Å²) in [6.45, 7) is 8.79. The molecule has 112 valence electrons. The number of nitrogens with one attached hydrogen (secondary N) is 1. The van der Waals surface area contributed by atoms with Crippen LogP contribution in [0.3, 0.4) is 0 Å². The predicted octanol–water partition coefficient (Wildman–Crippen LogP) is 3.56. The molecule has 20 heavy (non-hydrogen) atoms. The van der Waals surface area contributed by atoms with Crippen molar-refractivity contribution in [2.24, 2.45) is 0 Å². The molecule has 1 rings (SSSR count). The molecule has 0 saturated carbocycles. The van der Waals surface area contributed by atoms with Gasteiger partial charge in [0.2, 0.25) is 0 Å². The molecular weight excluding hydrogens is 250 g/mol. The quantitative estimate of drug-likeness (QED) is 0.750. The summed E-state index contributed by atoms with van der Waals surface area (Å²) in [7, 11) is 0. The highest BCUT2D eigenvalue weighted by Crippen LogP contribution is 2.16. The first-order chi connectivity index (χ1) is 9.74. The van der Waals surface area contributed by atoms with Crippen molar-refractivity contribution in [3.63, 3.8) is 0 Å². The van der Waals surface area contributed by atoms with Gasteiger partial charge < -0.3 is 10.2 Å². The van der Waals surface area contributed by atoms with Crippen molar-refractivity contribution in [1.82, 2.24) is 9.88 Å². The van der Waals surface area contributed by atoms with E-state index in [1.807, 2.05) is 17.9 Å². The highest BCUT2D eigenvalue weighted by molar-refractivity contribution is 5.99. The summed E-state index contributed by atoms with van der Waals surface area (Å²) >= 11 is 0. The summed E-state index contributed by atoms with van der Waals surface area (Å²) in [5.41, 5.74) is 1.56. The van der Waals surface area contributed by atoms with Crippen molar-refractivity contribution < 1.29 is 4.79 Å². The van der Waals surface area contributed by atoms with Gasteiger partial charge >= 0.3 is 0 Å². The number of hydrogen-bond acceptors (Lipinski definition) is 3. The molecule has 0 aliphatic carbocycles. The minimum Gasteiger partial charge on any atom is -0.385 e. The van der Waals surface area contributed by atoms with E-state index in [-0.39, 0.29) is 5.91 Å². The lowest BCUT2D eigenvalue weighted by Gasteiger charge is -2.23. The normalized spacial score (nSPS) is 10.3. The topological polar surface area (TPSA) is 45.2 Å². The molecule has 1 aromatic rings. The Morgan fingerprint density at radius 1 is 1.20 bits per heavy atom. The Kier molecular flexibility index (Phi) is 7.70. The molecule has 0 atom stereocenters. The standard InChI is InChI=1S/C16H27N3O/c1-4-7-11-19(12-8-5-2)16(20)14-13-17-10-9-15(14)18-6-3/h9-10,13H,4-8,11-12H2,1-3H3,(H,17,18). The average Bonchev–Trinajstić information content (AvgIpc) is 2.48. The lowest BCUT2D eigenvalue weighted by molar-refractivity contribution is 0.0751. The molecule has 1 amide bonds. The summed E-state index contributed by atoms with van der Waals surface area (Å²) in [4.78, 5) is 18.8. The van der Waals surface area contributed by atoms with Crippen LogP contribution in [0.15, 0.2) is 18.5 Å². The maximum absolute atomic E-state index is 12.7. The highest BCUT2D eigenvalue weighted by atomic mass is 16.2. The molecule has 0 aliphatic heterocycles. The van der Waals surface area contributed by atoms with E-state index >= 15 is 0 Å². The SMILES string of the molecule is CCCCN(CCCC)C(=O)c1cnccc1NCC. The van der Waals surface area contributed by atoms with Gasteiger partial charge in [-0.3, -0.25) is 9.78 Å². The molecule has 4 nitrogen and oxygen atoms in total. The largest absolute Gasteiger partial charge is 0.385 e. The van der Waals surface area contributed by atoms with Crippen LogP contribution in [0.1, 0.15) is 56.8 Å². The Hall–Kier alpha value is -1.58. The number of nitrogens with zero attached hydrogens (tertiary/aromatic N) is 2. The van der Waals surface area contributed by atoms with Gasteiger partial charge in [-0.05, 0) is 25.8 Å². The maximum Gasteiger partial charge on any atom is 0.257 e. The molecule has 0 aliphatic rings. The Bertz CT molecular complexity index is 398. The monoisotopic (exact) mass is 277 g/mol. The van der Waals surface area contributed by atoms with Crippen LogP contribution in [0, 0.1) is 0 Å². The first-order valence-corrected chi connectivity index (χ1v) is 7.71. The van der Waals surface area contributed by atoms with Gasteiger partial charge in [0.1, 0.15) is 0 Å². The second kappa shape index (κ2) is 9.34. The average molecular weight is 277 g/mol. The van der Waals surface area contributed by atoms with E-state index in [1.54, 1.807) is 12.4 Å². The van der Waals surface area contributed by atoms with Crippen LogP contribution in [0.2, 0.25) is 0 Å². The van der Waals surface area contributed by atoms with Crippen molar-refractivity contribution in [3.8, 4) is 0 Å². The molecule has 0 saturated heterocycles. The van der Waals surface area contributed by atoms with Crippen molar-refractivity contribution in [2.45, 2.75) is 46.5 Å². The molecule has 1 aromatic heterocycles. The number of aromatic nitrogens is 1. The molecule has 0 bridgehead atoms. The van der Waals surface area contributed by atoms with E-state index in [1.165, 1.54) is 0 Å².